The van der Waals surface area contributed by atoms with Crippen LogP contribution >= 0.6 is 0 Å². The normalized spacial score (nSPS) is 22.0. The van der Waals surface area contributed by atoms with Crippen molar-refractivity contribution in [3.05, 3.63) is 30.3 Å². The van der Waals surface area contributed by atoms with Crippen LogP contribution in [0.5, 0.6) is 5.75 Å². The van der Waals surface area contributed by atoms with Crippen LogP contribution in [-0.2, 0) is 19.0 Å². The van der Waals surface area contributed by atoms with Crippen LogP contribution < -0.4 is 4.74 Å². The van der Waals surface area contributed by atoms with Gasteiger partial charge in [-0.05, 0) is 12.1 Å². The number of carbonyl (C=O) groups excluding carboxylic acids is 1. The Kier molecular flexibility index (Phi) is 3.30. The molecule has 1 aromatic rings. The molecule has 0 amide bonds. The molecule has 1 aliphatic heterocycles. The van der Waals surface area contributed by atoms with Crippen molar-refractivity contribution < 1.29 is 26.9 Å². The zero-order valence-electron chi connectivity index (χ0n) is 8.74. The summed E-state index contributed by atoms with van der Waals surface area (Å²) in [7, 11) is -3.80. The summed E-state index contributed by atoms with van der Waals surface area (Å²) in [5.41, 5.74) is -1.28. The molecule has 1 saturated heterocycles. The lowest BCUT2D eigenvalue weighted by Gasteiger charge is -2.09. The molecular weight excluding hydrogens is 248 g/mol. The third-order valence-electron chi connectivity index (χ3n) is 2.10. The fraction of sp³-hybridized carbons (Fsp3) is 0.300. The summed E-state index contributed by atoms with van der Waals surface area (Å²) in [5.74, 6) is 0.286. The second kappa shape index (κ2) is 4.72. The zero-order valence-corrected chi connectivity index (χ0v) is 9.55. The van der Waals surface area contributed by atoms with E-state index in [4.69, 9.17) is 4.74 Å². The van der Waals surface area contributed by atoms with Crippen molar-refractivity contribution in [1.29, 1.82) is 0 Å². The van der Waals surface area contributed by atoms with E-state index in [1.165, 1.54) is 0 Å². The Morgan fingerprint density at radius 3 is 2.59 bits per heavy atom. The molecule has 17 heavy (non-hydrogen) atoms. The van der Waals surface area contributed by atoms with Crippen LogP contribution in [-0.4, -0.2) is 26.6 Å². The van der Waals surface area contributed by atoms with Crippen molar-refractivity contribution in [2.75, 3.05) is 6.61 Å². The first-order valence-electron chi connectivity index (χ1n) is 4.90. The van der Waals surface area contributed by atoms with Gasteiger partial charge < -0.3 is 9.47 Å². The minimum absolute atomic E-state index is 0.0195. The molecule has 1 atom stereocenters. The van der Waals surface area contributed by atoms with Gasteiger partial charge in [0.25, 0.3) is 0 Å². The molecule has 2 rings (SSSR count). The summed E-state index contributed by atoms with van der Waals surface area (Å²) >= 11 is 0. The highest BCUT2D eigenvalue weighted by Crippen LogP contribution is 2.19. The molecule has 1 heterocycles. The average Bonchev–Trinajstić information content (AvgIpc) is 2.59. The quantitative estimate of drug-likeness (QED) is 0.451. The Bertz CT molecular complexity index is 495. The van der Waals surface area contributed by atoms with E-state index in [0.717, 1.165) is 0 Å². The van der Waals surface area contributed by atoms with Gasteiger partial charge in [-0.2, -0.15) is 8.42 Å². The van der Waals surface area contributed by atoms with Crippen LogP contribution in [0.2, 0.25) is 0 Å². The van der Waals surface area contributed by atoms with Crippen molar-refractivity contribution in [3.63, 3.8) is 0 Å². The van der Waals surface area contributed by atoms with Crippen LogP contribution in [0.4, 0.5) is 4.79 Å². The molecule has 1 fully saturated rings. The summed E-state index contributed by atoms with van der Waals surface area (Å²) < 4.78 is 36.3. The summed E-state index contributed by atoms with van der Waals surface area (Å²) in [4.78, 5) is 11.3. The molecule has 0 bridgehead atoms. The van der Waals surface area contributed by atoms with Gasteiger partial charge in [0, 0.05) is 6.42 Å². The largest absolute Gasteiger partial charge is 0.515 e. The number of hydrogen-bond donors (Lipinski definition) is 0. The Morgan fingerprint density at radius 2 is 2.00 bits per heavy atom. The SMILES string of the molecule is O=C(Oc1ccccc1)OC1CCOS1(=O)=O. The molecule has 92 valence electrons. The van der Waals surface area contributed by atoms with Crippen molar-refractivity contribution in [2.24, 2.45) is 0 Å². The number of para-hydroxylation sites is 1. The van der Waals surface area contributed by atoms with E-state index in [0.29, 0.717) is 0 Å². The maximum absolute atomic E-state index is 11.3. The molecular formula is C10H10O6S. The number of benzene rings is 1. The number of hydrogen-bond acceptors (Lipinski definition) is 6. The van der Waals surface area contributed by atoms with E-state index >= 15 is 0 Å². The molecule has 0 spiro atoms. The van der Waals surface area contributed by atoms with Gasteiger partial charge in [0.2, 0.25) is 5.44 Å². The number of carbonyl (C=O) groups is 1. The molecule has 0 aliphatic carbocycles. The van der Waals surface area contributed by atoms with Gasteiger partial charge in [-0.1, -0.05) is 18.2 Å². The lowest BCUT2D eigenvalue weighted by molar-refractivity contribution is 0.0867. The van der Waals surface area contributed by atoms with Gasteiger partial charge >= 0.3 is 16.3 Å². The Labute approximate surface area is 98.2 Å². The predicted octanol–water partition coefficient (Wildman–Crippen LogP) is 1.28. The first-order chi connectivity index (χ1) is 8.08. The average molecular weight is 258 g/mol. The molecule has 1 aliphatic rings. The van der Waals surface area contributed by atoms with E-state index < -0.39 is 21.7 Å². The summed E-state index contributed by atoms with van der Waals surface area (Å²) in [6.07, 6.45) is -0.943. The molecule has 0 aromatic heterocycles. The molecule has 0 radical (unpaired) electrons. The second-order valence-electron chi connectivity index (χ2n) is 3.32. The minimum atomic E-state index is -3.80. The smallest absolute Gasteiger partial charge is 0.412 e. The standard InChI is InChI=1S/C10H10O6S/c11-10(15-8-4-2-1-3-5-8)16-9-6-7-14-17(9,12)13/h1-5,9H,6-7H2. The topological polar surface area (TPSA) is 78.9 Å². The summed E-state index contributed by atoms with van der Waals surface area (Å²) in [6, 6.07) is 8.23. The van der Waals surface area contributed by atoms with Gasteiger partial charge in [0.15, 0.2) is 0 Å². The van der Waals surface area contributed by atoms with Crippen LogP contribution in [0.15, 0.2) is 30.3 Å². The molecule has 7 heteroatoms. The minimum Gasteiger partial charge on any atom is -0.412 e. The van der Waals surface area contributed by atoms with Gasteiger partial charge in [0.05, 0.1) is 6.61 Å². The van der Waals surface area contributed by atoms with Gasteiger partial charge in [-0.15, -0.1) is 0 Å². The van der Waals surface area contributed by atoms with Gasteiger partial charge in [-0.25, -0.2) is 4.79 Å². The van der Waals surface area contributed by atoms with E-state index in [9.17, 15) is 13.2 Å². The number of ether oxygens (including phenoxy) is 2. The van der Waals surface area contributed by atoms with Crippen LogP contribution in [0.25, 0.3) is 0 Å². The lowest BCUT2D eigenvalue weighted by Crippen LogP contribution is -2.24. The monoisotopic (exact) mass is 258 g/mol. The molecule has 0 N–H and O–H groups in total. The summed E-state index contributed by atoms with van der Waals surface area (Å²) in [5, 5.41) is 0. The second-order valence-corrected chi connectivity index (χ2v) is 5.06. The van der Waals surface area contributed by atoms with Crippen molar-refractivity contribution >= 4 is 16.3 Å². The molecule has 1 aromatic carbocycles. The van der Waals surface area contributed by atoms with Gasteiger partial charge in [0.1, 0.15) is 5.75 Å². The number of rotatable bonds is 2. The van der Waals surface area contributed by atoms with Crippen molar-refractivity contribution in [3.8, 4) is 5.75 Å². The molecule has 6 nitrogen and oxygen atoms in total. The first kappa shape index (κ1) is 11.9. The van der Waals surface area contributed by atoms with E-state index in [2.05, 4.69) is 8.92 Å². The Balaban J connectivity index is 1.94. The molecule has 1 unspecified atom stereocenters. The van der Waals surface area contributed by atoms with Crippen molar-refractivity contribution in [1.82, 2.24) is 0 Å². The first-order valence-corrected chi connectivity index (χ1v) is 6.37. The lowest BCUT2D eigenvalue weighted by atomic mass is 10.3. The molecule has 0 saturated carbocycles. The fourth-order valence-corrected chi connectivity index (χ4v) is 2.38. The van der Waals surface area contributed by atoms with E-state index in [-0.39, 0.29) is 18.8 Å². The maximum Gasteiger partial charge on any atom is 0.515 e. The van der Waals surface area contributed by atoms with Crippen LogP contribution in [0.1, 0.15) is 6.42 Å². The highest BCUT2D eigenvalue weighted by molar-refractivity contribution is 7.87. The third kappa shape index (κ3) is 2.95. The third-order valence-corrected chi connectivity index (χ3v) is 3.57. The van der Waals surface area contributed by atoms with E-state index in [1.54, 1.807) is 30.3 Å². The summed E-state index contributed by atoms with van der Waals surface area (Å²) in [6.45, 7) is 0.0195. The zero-order chi connectivity index (χ0) is 12.3. The fourth-order valence-electron chi connectivity index (χ4n) is 1.31. The van der Waals surface area contributed by atoms with E-state index in [1.807, 2.05) is 0 Å². The van der Waals surface area contributed by atoms with Crippen LogP contribution in [0, 0.1) is 0 Å². The highest BCUT2D eigenvalue weighted by Gasteiger charge is 2.36. The maximum atomic E-state index is 11.3. The predicted molar refractivity (Wildman–Crippen MR) is 56.8 cm³/mol. The van der Waals surface area contributed by atoms with Gasteiger partial charge in [-0.3, -0.25) is 4.18 Å². The Hall–Kier alpha value is -1.60. The highest BCUT2D eigenvalue weighted by atomic mass is 32.2. The van der Waals surface area contributed by atoms with Crippen LogP contribution in [0.3, 0.4) is 0 Å². The van der Waals surface area contributed by atoms with Crippen molar-refractivity contribution in [2.45, 2.75) is 11.9 Å². The Morgan fingerprint density at radius 1 is 1.29 bits per heavy atom.